The molecule has 5 N–H and O–H groups in total. The molecular weight excluding hydrogens is 1190 g/mol. The Bertz CT molecular complexity index is 3220. The highest BCUT2D eigenvalue weighted by Gasteiger charge is 2.26. The fraction of sp³-hybridized carbons (Fsp3) is 0.339. The third-order valence-electron chi connectivity index (χ3n) is 13.6. The average Bonchev–Trinajstić information content (AvgIpc) is 3.72. The SMILES string of the molecule is COC(=O)N1CCN(Cc2cccc(N)c2F)CC1.COC(=O)N1CCN(Cc2cccc(NC(=O)Nc3ccc(C)nc3)c2F)CC1.COC(=O)N1CCN(Cc2cccc([N+](=O)[O-])c2F)CC1.Cc1ccc(NC(=O)Oc2ccccc2)cn1.Cl.Cl. The molecule has 5 heterocycles. The summed E-state index contributed by atoms with van der Waals surface area (Å²) in [7, 11) is 4.05. The number of urea groups is 1. The van der Waals surface area contributed by atoms with Crippen molar-refractivity contribution < 1.29 is 61.0 Å². The number of aryl methyl sites for hydroxylation is 2. The third-order valence-corrected chi connectivity index (χ3v) is 13.6. The van der Waals surface area contributed by atoms with Crippen molar-refractivity contribution in [2.45, 2.75) is 33.5 Å². The van der Waals surface area contributed by atoms with E-state index in [0.29, 0.717) is 120 Å². The zero-order valence-electron chi connectivity index (χ0n) is 49.2. The van der Waals surface area contributed by atoms with Crippen molar-refractivity contribution in [3.05, 3.63) is 177 Å². The molecule has 3 fully saturated rings. The number of nitro benzene ring substituents is 1. The molecule has 6 amide bonds. The van der Waals surface area contributed by atoms with E-state index in [2.05, 4.69) is 45.2 Å². The minimum Gasteiger partial charge on any atom is -0.453 e. The number of aromatic nitrogens is 2. The highest BCUT2D eigenvalue weighted by molar-refractivity contribution is 5.99. The van der Waals surface area contributed by atoms with E-state index in [1.807, 2.05) is 30.9 Å². The number of pyridine rings is 2. The Morgan fingerprint density at radius 3 is 1.35 bits per heavy atom. The van der Waals surface area contributed by atoms with Gasteiger partial charge in [0.1, 0.15) is 5.75 Å². The number of rotatable bonds is 11. The second-order valence-corrected chi connectivity index (χ2v) is 19.6. The number of halogens is 5. The van der Waals surface area contributed by atoms with Crippen LogP contribution in [-0.4, -0.2) is 175 Å². The number of piperazine rings is 3. The summed E-state index contributed by atoms with van der Waals surface area (Å²) in [6.45, 7) is 11.9. The fourth-order valence-electron chi connectivity index (χ4n) is 8.83. The van der Waals surface area contributed by atoms with Crippen molar-refractivity contribution in [2.75, 3.05) is 122 Å². The number of para-hydroxylation sites is 1. The van der Waals surface area contributed by atoms with E-state index < -0.39 is 34.4 Å². The maximum absolute atomic E-state index is 14.9. The first-order valence-corrected chi connectivity index (χ1v) is 27.2. The average molecular weight is 1270 g/mol. The molecule has 6 aromatic rings. The Morgan fingerprint density at radius 1 is 0.523 bits per heavy atom. The van der Waals surface area contributed by atoms with Gasteiger partial charge in [-0.05, 0) is 62.4 Å². The van der Waals surface area contributed by atoms with Crippen molar-refractivity contribution in [3.63, 3.8) is 0 Å². The summed E-state index contributed by atoms with van der Waals surface area (Å²) in [6.07, 6.45) is 1.56. The number of nitrogens with zero attached hydrogens (tertiary/aromatic N) is 9. The van der Waals surface area contributed by atoms with Gasteiger partial charge in [0.2, 0.25) is 5.82 Å². The molecule has 29 heteroatoms. The van der Waals surface area contributed by atoms with Crippen LogP contribution >= 0.6 is 24.8 Å². The van der Waals surface area contributed by atoms with Gasteiger partial charge in [-0.2, -0.15) is 4.39 Å². The molecule has 0 aliphatic carbocycles. The Morgan fingerprint density at radius 2 is 0.932 bits per heavy atom. The summed E-state index contributed by atoms with van der Waals surface area (Å²) in [5, 5.41) is 18.5. The van der Waals surface area contributed by atoms with Crippen LogP contribution in [-0.2, 0) is 33.8 Å². The molecule has 3 aliphatic rings. The molecular formula is C59H72Cl2F3N13O11. The molecule has 3 saturated heterocycles. The molecule has 88 heavy (non-hydrogen) atoms. The van der Waals surface area contributed by atoms with Crippen molar-refractivity contribution in [1.82, 2.24) is 39.4 Å². The number of nitrogens with two attached hydrogens (primary N) is 1. The van der Waals surface area contributed by atoms with Crippen molar-refractivity contribution in [2.24, 2.45) is 0 Å². The summed E-state index contributed by atoms with van der Waals surface area (Å²) >= 11 is 0. The minimum atomic E-state index is -0.794. The van der Waals surface area contributed by atoms with E-state index in [-0.39, 0.29) is 72.4 Å². The molecule has 9 rings (SSSR count). The number of hydrogen-bond donors (Lipinski definition) is 4. The first-order valence-electron chi connectivity index (χ1n) is 27.2. The summed E-state index contributed by atoms with van der Waals surface area (Å²) in [5.74, 6) is -1.11. The van der Waals surface area contributed by atoms with Crippen molar-refractivity contribution in [3.8, 4) is 5.75 Å². The highest BCUT2D eigenvalue weighted by Crippen LogP contribution is 2.24. The van der Waals surface area contributed by atoms with E-state index in [9.17, 15) is 47.3 Å². The molecule has 4 aromatic carbocycles. The lowest BCUT2D eigenvalue weighted by molar-refractivity contribution is -0.387. The summed E-state index contributed by atoms with van der Waals surface area (Å²) in [4.78, 5) is 87.0. The first-order chi connectivity index (χ1) is 41.3. The standard InChI is InChI=1S/C20H24FN5O3.C13H16FN3O4.C13H18FN3O2.C13H12N2O2.2ClH/c1-14-6-7-16(12-22-14)23-19(27)24-17-5-3-4-15(18(17)21)13-25-8-10-26(11-9-25)20(28)29-2;1-21-13(18)16-7-5-15(6-8-16)9-10-3-2-4-11(12(10)14)17(19)20;1-19-13(18)17-7-5-16(6-8-17)9-10-3-2-4-11(15)12(10)14;1-10-7-8-11(9-14-10)15-13(16)17-12-5-3-2-4-6-12;;/h3-7,12H,8-11,13H2,1-2H3,(H2,23,24,27);2-4H,5-9H2,1H3;2-4H,5-9,15H2,1H3;2-9H,1H3,(H,15,16);2*1H. The Kier molecular flexibility index (Phi) is 29.4. The van der Waals surface area contributed by atoms with E-state index in [0.717, 1.165) is 17.5 Å². The number of methoxy groups -OCH3 is 3. The second-order valence-electron chi connectivity index (χ2n) is 19.6. The van der Waals surface area contributed by atoms with Gasteiger partial charge in [-0.3, -0.25) is 40.1 Å². The molecule has 24 nitrogen and oxygen atoms in total. The molecule has 0 unspecified atom stereocenters. The lowest BCUT2D eigenvalue weighted by Gasteiger charge is -2.33. The largest absolute Gasteiger partial charge is 0.453 e. The number of carbonyl (C=O) groups excluding carboxylic acids is 5. The van der Waals surface area contributed by atoms with Crippen LogP contribution in [0.5, 0.6) is 5.75 Å². The Balaban J connectivity index is 0.000000254. The van der Waals surface area contributed by atoms with Gasteiger partial charge in [0.15, 0.2) is 11.6 Å². The Hall–Kier alpha value is -9.02. The van der Waals surface area contributed by atoms with E-state index in [4.69, 9.17) is 15.2 Å². The quantitative estimate of drug-likeness (QED) is 0.0406. The lowest BCUT2D eigenvalue weighted by Crippen LogP contribution is -2.48. The van der Waals surface area contributed by atoms with Crippen LogP contribution in [0.3, 0.4) is 0 Å². The predicted molar refractivity (Wildman–Crippen MR) is 329 cm³/mol. The van der Waals surface area contributed by atoms with Crippen LogP contribution in [0, 0.1) is 41.4 Å². The number of nitro groups is 1. The second kappa shape index (κ2) is 36.2. The molecule has 0 radical (unpaired) electrons. The zero-order chi connectivity index (χ0) is 62.1. The lowest BCUT2D eigenvalue weighted by atomic mass is 10.1. The van der Waals surface area contributed by atoms with E-state index in [1.165, 1.54) is 45.7 Å². The molecule has 0 saturated carbocycles. The number of hydrogen-bond acceptors (Lipinski definition) is 17. The topological polar surface area (TPSA) is 273 Å². The molecule has 0 bridgehead atoms. The number of amides is 6. The first kappa shape index (κ1) is 71.5. The van der Waals surface area contributed by atoms with Gasteiger partial charge in [0.05, 0.1) is 61.4 Å². The minimum absolute atomic E-state index is 0. The van der Waals surface area contributed by atoms with Gasteiger partial charge in [-0.1, -0.05) is 54.6 Å². The maximum Gasteiger partial charge on any atom is 0.417 e. The summed E-state index contributed by atoms with van der Waals surface area (Å²) in [6, 6.07) is 29.5. The van der Waals surface area contributed by atoms with Gasteiger partial charge in [0, 0.05) is 132 Å². The molecule has 2 aromatic heterocycles. The number of carbonyl (C=O) groups is 5. The van der Waals surface area contributed by atoms with Crippen molar-refractivity contribution in [1.29, 1.82) is 0 Å². The molecule has 474 valence electrons. The fourth-order valence-corrected chi connectivity index (χ4v) is 8.83. The van der Waals surface area contributed by atoms with E-state index in [1.54, 1.807) is 93.7 Å². The number of nitrogens with one attached hydrogen (secondary N) is 3. The number of anilines is 4. The molecule has 0 atom stereocenters. The molecule has 3 aliphatic heterocycles. The van der Waals surface area contributed by atoms with Gasteiger partial charge >= 0.3 is 36.1 Å². The van der Waals surface area contributed by atoms with Crippen LogP contribution in [0.2, 0.25) is 0 Å². The predicted octanol–water partition coefficient (Wildman–Crippen LogP) is 9.81. The van der Waals surface area contributed by atoms with Crippen LogP contribution in [0.4, 0.5) is 65.6 Å². The number of ether oxygens (including phenoxy) is 4. The van der Waals surface area contributed by atoms with Gasteiger partial charge < -0.3 is 50.0 Å². The Labute approximate surface area is 520 Å². The summed E-state index contributed by atoms with van der Waals surface area (Å²) < 4.78 is 61.7. The van der Waals surface area contributed by atoms with Crippen LogP contribution in [0.1, 0.15) is 28.1 Å². The monoisotopic (exact) mass is 1270 g/mol. The number of nitrogen functional groups attached to an aromatic ring is 1. The maximum atomic E-state index is 14.9. The van der Waals surface area contributed by atoms with Crippen LogP contribution in [0.15, 0.2) is 122 Å². The normalized spacial score (nSPS) is 13.9. The smallest absolute Gasteiger partial charge is 0.417 e. The van der Waals surface area contributed by atoms with Gasteiger partial charge in [0.25, 0.3) is 0 Å². The number of benzene rings is 4. The van der Waals surface area contributed by atoms with Crippen LogP contribution in [0.25, 0.3) is 0 Å². The van der Waals surface area contributed by atoms with Crippen molar-refractivity contribution >= 4 is 83.7 Å². The molecule has 0 spiro atoms. The van der Waals surface area contributed by atoms with E-state index >= 15 is 0 Å². The van der Waals surface area contributed by atoms with Crippen LogP contribution < -0.4 is 26.4 Å². The van der Waals surface area contributed by atoms with Gasteiger partial charge in [-0.15, -0.1) is 24.8 Å². The van der Waals surface area contributed by atoms with Gasteiger partial charge in [-0.25, -0.2) is 32.8 Å². The highest BCUT2D eigenvalue weighted by atomic mass is 35.5. The zero-order valence-corrected chi connectivity index (χ0v) is 50.8. The summed E-state index contributed by atoms with van der Waals surface area (Å²) in [5.41, 5.74) is 9.52. The third kappa shape index (κ3) is 22.4.